The van der Waals surface area contributed by atoms with Crippen LogP contribution < -0.4 is 5.32 Å². The molecule has 0 saturated carbocycles. The van der Waals surface area contributed by atoms with Crippen LogP contribution in [0.3, 0.4) is 0 Å². The van der Waals surface area contributed by atoms with Crippen molar-refractivity contribution in [3.8, 4) is 11.4 Å². The van der Waals surface area contributed by atoms with Gasteiger partial charge in [-0.15, -0.1) is 0 Å². The molecule has 3 aromatic rings. The average molecular weight is 351 g/mol. The number of amides is 1. The van der Waals surface area contributed by atoms with E-state index in [9.17, 15) is 9.59 Å². The number of para-hydroxylation sites is 1. The molecule has 1 amide bonds. The van der Waals surface area contributed by atoms with Crippen LogP contribution in [0.15, 0.2) is 48.5 Å². The molecule has 0 spiro atoms. The van der Waals surface area contributed by atoms with Crippen LogP contribution in [-0.4, -0.2) is 27.2 Å². The van der Waals surface area contributed by atoms with Gasteiger partial charge in [-0.1, -0.05) is 24.3 Å². The number of aromatic nitrogens is 2. The molecule has 1 N–H and O–H groups in total. The molecule has 0 fully saturated rings. The topological polar surface area (TPSA) is 73.2 Å². The van der Waals surface area contributed by atoms with Crippen molar-refractivity contribution in [2.45, 2.75) is 33.3 Å². The van der Waals surface area contributed by atoms with Crippen LogP contribution in [0.2, 0.25) is 0 Å². The maximum Gasteiger partial charge on any atom is 0.419 e. The second-order valence-corrected chi connectivity index (χ2v) is 6.99. The third-order valence-electron chi connectivity index (χ3n) is 3.60. The van der Waals surface area contributed by atoms with E-state index in [0.717, 1.165) is 10.9 Å². The molecule has 0 atom stereocenters. The molecule has 0 unspecified atom stereocenters. The highest BCUT2D eigenvalue weighted by atomic mass is 16.6. The van der Waals surface area contributed by atoms with Crippen molar-refractivity contribution in [1.82, 2.24) is 9.55 Å². The van der Waals surface area contributed by atoms with E-state index in [1.165, 1.54) is 11.5 Å². The maximum absolute atomic E-state index is 12.8. The predicted octanol–water partition coefficient (Wildman–Crippen LogP) is 4.44. The molecule has 134 valence electrons. The van der Waals surface area contributed by atoms with E-state index in [0.29, 0.717) is 17.2 Å². The summed E-state index contributed by atoms with van der Waals surface area (Å²) in [5, 5.41) is 3.56. The minimum Gasteiger partial charge on any atom is -0.443 e. The fourth-order valence-electron chi connectivity index (χ4n) is 2.67. The van der Waals surface area contributed by atoms with Gasteiger partial charge in [-0.3, -0.25) is 4.79 Å². The Balaban J connectivity index is 2.15. The number of benzene rings is 1. The number of carbonyl (C=O) groups excluding carboxylic acids is 2. The van der Waals surface area contributed by atoms with E-state index in [1.54, 1.807) is 18.2 Å². The van der Waals surface area contributed by atoms with Crippen LogP contribution in [0.4, 0.5) is 10.6 Å². The molecule has 2 heterocycles. The van der Waals surface area contributed by atoms with Gasteiger partial charge in [0.2, 0.25) is 5.91 Å². The van der Waals surface area contributed by atoms with Gasteiger partial charge >= 0.3 is 6.09 Å². The summed E-state index contributed by atoms with van der Waals surface area (Å²) in [5.41, 5.74) is 1.29. The second kappa shape index (κ2) is 6.63. The van der Waals surface area contributed by atoms with Gasteiger partial charge in [0.05, 0.1) is 16.9 Å². The Kier molecular flexibility index (Phi) is 4.50. The van der Waals surface area contributed by atoms with Crippen molar-refractivity contribution in [2.24, 2.45) is 0 Å². The van der Waals surface area contributed by atoms with Crippen molar-refractivity contribution in [3.63, 3.8) is 0 Å². The normalized spacial score (nSPS) is 11.4. The Bertz CT molecular complexity index is 983. The Morgan fingerprint density at radius 3 is 2.50 bits per heavy atom. The molecule has 1 aromatic carbocycles. The molecule has 6 nitrogen and oxygen atoms in total. The highest BCUT2D eigenvalue weighted by Gasteiger charge is 2.23. The summed E-state index contributed by atoms with van der Waals surface area (Å²) in [4.78, 5) is 28.6. The predicted molar refractivity (Wildman–Crippen MR) is 101 cm³/mol. The second-order valence-electron chi connectivity index (χ2n) is 6.99. The van der Waals surface area contributed by atoms with Gasteiger partial charge in [-0.05, 0) is 45.0 Å². The monoisotopic (exact) mass is 351 g/mol. The lowest BCUT2D eigenvalue weighted by Crippen LogP contribution is -2.27. The van der Waals surface area contributed by atoms with Crippen LogP contribution in [0.1, 0.15) is 27.7 Å². The van der Waals surface area contributed by atoms with Crippen LogP contribution in [-0.2, 0) is 9.53 Å². The third kappa shape index (κ3) is 3.74. The van der Waals surface area contributed by atoms with E-state index in [-0.39, 0.29) is 5.91 Å². The number of pyridine rings is 1. The molecule has 0 aliphatic carbocycles. The number of rotatable bonds is 2. The summed E-state index contributed by atoms with van der Waals surface area (Å²) in [6.07, 6.45) is -0.472. The summed E-state index contributed by atoms with van der Waals surface area (Å²) in [7, 11) is 0. The first-order chi connectivity index (χ1) is 12.2. The van der Waals surface area contributed by atoms with Gasteiger partial charge in [0.25, 0.3) is 0 Å². The zero-order valence-corrected chi connectivity index (χ0v) is 15.2. The lowest BCUT2D eigenvalue weighted by atomic mass is 10.2. The largest absolute Gasteiger partial charge is 0.443 e. The number of fused-ring (bicyclic) bond motifs is 1. The molecule has 3 rings (SSSR count). The fraction of sp³-hybridized carbons (Fsp3) is 0.250. The molecule has 0 saturated heterocycles. The van der Waals surface area contributed by atoms with Crippen LogP contribution in [0, 0.1) is 0 Å². The van der Waals surface area contributed by atoms with Crippen molar-refractivity contribution < 1.29 is 14.3 Å². The van der Waals surface area contributed by atoms with Gasteiger partial charge in [-0.25, -0.2) is 14.3 Å². The zero-order chi connectivity index (χ0) is 18.9. The number of anilines is 1. The average Bonchev–Trinajstić information content (AvgIpc) is 2.92. The van der Waals surface area contributed by atoms with E-state index < -0.39 is 11.7 Å². The first-order valence-electron chi connectivity index (χ1n) is 8.33. The minimum absolute atomic E-state index is 0.206. The molecule has 0 aliphatic rings. The highest BCUT2D eigenvalue weighted by molar-refractivity contribution is 5.96. The van der Waals surface area contributed by atoms with Gasteiger partial charge in [0, 0.05) is 12.3 Å². The van der Waals surface area contributed by atoms with Crippen molar-refractivity contribution in [2.75, 3.05) is 5.32 Å². The molecular formula is C20H21N3O3. The van der Waals surface area contributed by atoms with E-state index in [1.807, 2.05) is 51.1 Å². The summed E-state index contributed by atoms with van der Waals surface area (Å²) in [6, 6.07) is 14.7. The first kappa shape index (κ1) is 17.7. The van der Waals surface area contributed by atoms with E-state index in [4.69, 9.17) is 4.74 Å². The number of nitrogens with one attached hydrogen (secondary N) is 1. The summed E-state index contributed by atoms with van der Waals surface area (Å²) < 4.78 is 7.09. The number of hydrogen-bond acceptors (Lipinski definition) is 4. The van der Waals surface area contributed by atoms with Crippen molar-refractivity contribution >= 4 is 28.7 Å². The molecular weight excluding hydrogens is 330 g/mol. The van der Waals surface area contributed by atoms with Crippen LogP contribution in [0.5, 0.6) is 0 Å². The van der Waals surface area contributed by atoms with Gasteiger partial charge in [0.1, 0.15) is 11.4 Å². The molecule has 0 radical (unpaired) electrons. The third-order valence-corrected chi connectivity index (χ3v) is 3.60. The minimum atomic E-state index is -0.620. The van der Waals surface area contributed by atoms with Crippen LogP contribution in [0.25, 0.3) is 22.3 Å². The summed E-state index contributed by atoms with van der Waals surface area (Å²) in [6.45, 7) is 6.90. The number of hydrogen-bond donors (Lipinski definition) is 1. The molecule has 0 aliphatic heterocycles. The number of ether oxygens (including phenoxy) is 1. The lowest BCUT2D eigenvalue weighted by molar-refractivity contribution is -0.114. The Hall–Kier alpha value is -3.15. The number of carbonyl (C=O) groups is 2. The standard InChI is InChI=1S/C20H21N3O3/c1-13(24)21-18-11-7-9-15(22-18)17-12-14-8-5-6-10-16(14)23(17)19(25)26-20(2,3)4/h5-12H,1-4H3,(H,21,22,24). The summed E-state index contributed by atoms with van der Waals surface area (Å²) >= 11 is 0. The molecule has 0 bridgehead atoms. The Labute approximate surface area is 151 Å². The molecule has 26 heavy (non-hydrogen) atoms. The van der Waals surface area contributed by atoms with Crippen molar-refractivity contribution in [3.05, 3.63) is 48.5 Å². The highest BCUT2D eigenvalue weighted by Crippen LogP contribution is 2.29. The smallest absolute Gasteiger partial charge is 0.419 e. The number of nitrogens with zero attached hydrogens (tertiary/aromatic N) is 2. The molecule has 6 heteroatoms. The molecule has 2 aromatic heterocycles. The van der Waals surface area contributed by atoms with Crippen LogP contribution >= 0.6 is 0 Å². The van der Waals surface area contributed by atoms with Gasteiger partial charge < -0.3 is 10.1 Å². The summed E-state index contributed by atoms with van der Waals surface area (Å²) in [5.74, 6) is 0.221. The first-order valence-corrected chi connectivity index (χ1v) is 8.33. The lowest BCUT2D eigenvalue weighted by Gasteiger charge is -2.21. The fourth-order valence-corrected chi connectivity index (χ4v) is 2.67. The van der Waals surface area contributed by atoms with E-state index >= 15 is 0 Å². The Morgan fingerprint density at radius 2 is 1.81 bits per heavy atom. The SMILES string of the molecule is CC(=O)Nc1cccc(-c2cc3ccccc3n2C(=O)OC(C)(C)C)n1. The van der Waals surface area contributed by atoms with Gasteiger partial charge in [0.15, 0.2) is 0 Å². The quantitative estimate of drug-likeness (QED) is 0.740. The zero-order valence-electron chi connectivity index (χ0n) is 15.2. The Morgan fingerprint density at radius 1 is 1.08 bits per heavy atom. The van der Waals surface area contributed by atoms with E-state index in [2.05, 4.69) is 10.3 Å². The maximum atomic E-state index is 12.8. The van der Waals surface area contributed by atoms with Gasteiger partial charge in [-0.2, -0.15) is 0 Å². The van der Waals surface area contributed by atoms with Crippen molar-refractivity contribution in [1.29, 1.82) is 0 Å².